The number of anilines is 3. The van der Waals surface area contributed by atoms with Crippen molar-refractivity contribution in [2.24, 2.45) is 10.7 Å². The van der Waals surface area contributed by atoms with Crippen LogP contribution < -0.4 is 30.3 Å². The van der Waals surface area contributed by atoms with Gasteiger partial charge in [0.25, 0.3) is 0 Å². The molecule has 0 radical (unpaired) electrons. The second kappa shape index (κ2) is 11.6. The lowest BCUT2D eigenvalue weighted by Crippen LogP contribution is -2.52. The number of nitrogens with zero attached hydrogens (tertiary/aromatic N) is 5. The highest BCUT2D eigenvalue weighted by Crippen LogP contribution is 2.39. The Morgan fingerprint density at radius 2 is 1.81 bits per heavy atom. The molecule has 4 heterocycles. The Morgan fingerprint density at radius 1 is 1.07 bits per heavy atom. The molecule has 0 spiro atoms. The Labute approximate surface area is 255 Å². The van der Waals surface area contributed by atoms with Gasteiger partial charge in [0, 0.05) is 75.4 Å². The average Bonchev–Trinajstić information content (AvgIpc) is 3.46. The van der Waals surface area contributed by atoms with Crippen LogP contribution in [0.25, 0.3) is 0 Å². The van der Waals surface area contributed by atoms with Crippen LogP contribution in [0.3, 0.4) is 0 Å². The van der Waals surface area contributed by atoms with Crippen LogP contribution >= 0.6 is 0 Å². The maximum absolute atomic E-state index is 12.5. The highest BCUT2D eigenvalue weighted by molar-refractivity contribution is 7.92. The van der Waals surface area contributed by atoms with Crippen molar-refractivity contribution in [1.29, 1.82) is 0 Å². The largest absolute Gasteiger partial charge is 0.496 e. The molecule has 12 heteroatoms. The molecule has 0 bridgehead atoms. The van der Waals surface area contributed by atoms with Crippen molar-refractivity contribution in [3.63, 3.8) is 0 Å². The summed E-state index contributed by atoms with van der Waals surface area (Å²) in [5.74, 6) is 0.0335. The van der Waals surface area contributed by atoms with Crippen LogP contribution in [0.1, 0.15) is 30.9 Å². The summed E-state index contributed by atoms with van der Waals surface area (Å²) in [4.78, 5) is 12.2. The number of likely N-dealkylation sites (N-methyl/N-ethyl adjacent to an activating group) is 1. The number of piperidine rings is 1. The molecule has 1 atom stereocenters. The predicted molar refractivity (Wildman–Crippen MR) is 173 cm³/mol. The summed E-state index contributed by atoms with van der Waals surface area (Å²) in [5, 5.41) is 6.81. The van der Waals surface area contributed by atoms with Gasteiger partial charge in [-0.05, 0) is 57.0 Å². The van der Waals surface area contributed by atoms with Gasteiger partial charge in [0.1, 0.15) is 11.6 Å². The molecule has 0 aromatic heterocycles. The fraction of sp³-hybridized carbons (Fsp3) is 0.516. The van der Waals surface area contributed by atoms with Gasteiger partial charge in [0.05, 0.1) is 30.3 Å². The average molecular weight is 609 g/mol. The van der Waals surface area contributed by atoms with E-state index >= 15 is 0 Å². The number of rotatable bonds is 7. The summed E-state index contributed by atoms with van der Waals surface area (Å²) in [6.45, 7) is 8.98. The molecule has 2 aromatic carbocycles. The van der Waals surface area contributed by atoms with Crippen molar-refractivity contribution < 1.29 is 13.2 Å². The topological polar surface area (TPSA) is 119 Å². The van der Waals surface area contributed by atoms with E-state index < -0.39 is 15.8 Å². The van der Waals surface area contributed by atoms with Crippen LogP contribution in [0.2, 0.25) is 0 Å². The monoisotopic (exact) mass is 608 g/mol. The number of fused-ring (bicyclic) bond motifs is 1. The number of sulfonamides is 1. The van der Waals surface area contributed by atoms with Crippen LogP contribution in [0.15, 0.2) is 52.8 Å². The standard InChI is InChI=1S/C31H44N8O3S/c1-22-21-33-31(32,35-30(22)34-27-7-5-6-23-10-15-39(29(23)27)43(4,40)41)26-9-8-25(20-28(26)42-3)37-13-11-24(12-14-37)38-18-16-36(2)17-19-38/h5-9,20-21,24,34-35H,10-19,32H2,1-4H3. The summed E-state index contributed by atoms with van der Waals surface area (Å²) in [7, 11) is 0.450. The molecule has 2 saturated heterocycles. The third kappa shape index (κ3) is 5.93. The molecule has 0 amide bonds. The number of hydrogen-bond acceptors (Lipinski definition) is 10. The third-order valence-electron chi connectivity index (χ3n) is 9.26. The van der Waals surface area contributed by atoms with Gasteiger partial charge in [0.15, 0.2) is 0 Å². The van der Waals surface area contributed by atoms with Crippen LogP contribution in [0.5, 0.6) is 5.75 Å². The molecule has 2 fully saturated rings. The van der Waals surface area contributed by atoms with Crippen molar-refractivity contribution in [3.05, 3.63) is 58.9 Å². The summed E-state index contributed by atoms with van der Waals surface area (Å²) >= 11 is 0. The maximum Gasteiger partial charge on any atom is 0.232 e. The lowest BCUT2D eigenvalue weighted by atomic mass is 10.00. The first-order valence-electron chi connectivity index (χ1n) is 15.1. The number of aliphatic imine (C=N–C) groups is 1. The van der Waals surface area contributed by atoms with Crippen LogP contribution in [-0.2, 0) is 22.2 Å². The van der Waals surface area contributed by atoms with Crippen LogP contribution in [0, 0.1) is 0 Å². The zero-order valence-corrected chi connectivity index (χ0v) is 26.5. The minimum Gasteiger partial charge on any atom is -0.496 e. The fourth-order valence-electron chi connectivity index (χ4n) is 6.71. The second-order valence-electron chi connectivity index (χ2n) is 12.2. The molecule has 232 valence electrons. The quantitative estimate of drug-likeness (QED) is 0.435. The number of nitrogens with two attached hydrogens (primary N) is 1. The van der Waals surface area contributed by atoms with E-state index in [9.17, 15) is 8.42 Å². The Bertz CT molecular complexity index is 1530. The first kappa shape index (κ1) is 29.7. The lowest BCUT2D eigenvalue weighted by molar-refractivity contribution is 0.0982. The Morgan fingerprint density at radius 3 is 2.51 bits per heavy atom. The molecule has 6 rings (SSSR count). The molecule has 0 saturated carbocycles. The van der Waals surface area contributed by atoms with Crippen molar-refractivity contribution in [2.75, 3.05) is 80.7 Å². The van der Waals surface area contributed by atoms with Gasteiger partial charge in [-0.1, -0.05) is 12.1 Å². The number of benzene rings is 2. The van der Waals surface area contributed by atoms with Crippen molar-refractivity contribution in [2.45, 2.75) is 38.0 Å². The Hall–Kier alpha value is -3.32. The van der Waals surface area contributed by atoms with Gasteiger partial charge in [-0.15, -0.1) is 0 Å². The number of para-hydroxylation sites is 1. The van der Waals surface area contributed by atoms with E-state index in [4.69, 9.17) is 10.5 Å². The van der Waals surface area contributed by atoms with Crippen LogP contribution in [-0.4, -0.2) is 96.7 Å². The normalized spacial score (nSPS) is 23.8. The van der Waals surface area contributed by atoms with Crippen molar-refractivity contribution in [3.8, 4) is 5.75 Å². The third-order valence-corrected chi connectivity index (χ3v) is 10.4. The number of allylic oxidation sites excluding steroid dienone is 1. The van der Waals surface area contributed by atoms with Gasteiger partial charge in [-0.2, -0.15) is 0 Å². The first-order valence-corrected chi connectivity index (χ1v) is 17.0. The van der Waals surface area contributed by atoms with Crippen LogP contribution in [0.4, 0.5) is 17.1 Å². The molecule has 0 aliphatic carbocycles. The highest BCUT2D eigenvalue weighted by Gasteiger charge is 2.35. The highest BCUT2D eigenvalue weighted by atomic mass is 32.2. The Balaban J connectivity index is 1.18. The molecule has 43 heavy (non-hydrogen) atoms. The summed E-state index contributed by atoms with van der Waals surface area (Å²) in [5.41, 5.74) is 12.0. The fourth-order valence-corrected chi connectivity index (χ4v) is 7.68. The molecular formula is C31H44N8O3S. The van der Waals surface area contributed by atoms with Crippen molar-refractivity contribution >= 4 is 33.3 Å². The summed E-state index contributed by atoms with van der Waals surface area (Å²) in [6, 6.07) is 12.6. The number of nitrogens with one attached hydrogen (secondary N) is 2. The molecule has 2 aromatic rings. The maximum atomic E-state index is 12.5. The van der Waals surface area contributed by atoms with Gasteiger partial charge in [-0.25, -0.2) is 13.4 Å². The predicted octanol–water partition coefficient (Wildman–Crippen LogP) is 2.32. The van der Waals surface area contributed by atoms with E-state index in [0.29, 0.717) is 47.5 Å². The smallest absolute Gasteiger partial charge is 0.232 e. The minimum atomic E-state index is -3.41. The second-order valence-corrected chi connectivity index (χ2v) is 14.1. The molecule has 4 aliphatic rings. The van der Waals surface area contributed by atoms with Gasteiger partial charge < -0.3 is 25.2 Å². The van der Waals surface area contributed by atoms with E-state index in [1.807, 2.05) is 31.2 Å². The van der Waals surface area contributed by atoms with E-state index in [0.717, 1.165) is 68.9 Å². The number of piperazine rings is 1. The summed E-state index contributed by atoms with van der Waals surface area (Å²) in [6.07, 6.45) is 5.96. The van der Waals surface area contributed by atoms with E-state index in [2.05, 4.69) is 49.5 Å². The lowest BCUT2D eigenvalue weighted by Gasteiger charge is -2.42. The SMILES string of the molecule is COc1cc(N2CCC(N3CCN(C)CC3)CC2)ccc1C1(N)N=CC(C)=C(Nc2cccc3c2N(S(C)(=O)=O)CC3)N1. The number of hydrogen-bond donors (Lipinski definition) is 3. The van der Waals surface area contributed by atoms with Gasteiger partial charge in [0.2, 0.25) is 15.8 Å². The molecular weight excluding hydrogens is 564 g/mol. The molecule has 4 N–H and O–H groups in total. The number of methoxy groups -OCH3 is 1. The van der Waals surface area contributed by atoms with E-state index in [1.165, 1.54) is 10.6 Å². The zero-order chi connectivity index (χ0) is 30.4. The Kier molecular flexibility index (Phi) is 8.05. The number of ether oxygens (including phenoxy) is 1. The molecule has 4 aliphatic heterocycles. The van der Waals surface area contributed by atoms with E-state index in [1.54, 1.807) is 13.3 Å². The minimum absolute atomic E-state index is 0.428. The summed E-state index contributed by atoms with van der Waals surface area (Å²) < 4.78 is 32.4. The first-order chi connectivity index (χ1) is 20.6. The van der Waals surface area contributed by atoms with Gasteiger partial charge >= 0.3 is 0 Å². The molecule has 11 nitrogen and oxygen atoms in total. The van der Waals surface area contributed by atoms with Gasteiger partial charge in [-0.3, -0.25) is 14.9 Å². The van der Waals surface area contributed by atoms with E-state index in [-0.39, 0.29) is 0 Å². The van der Waals surface area contributed by atoms with Crippen molar-refractivity contribution in [1.82, 2.24) is 15.1 Å². The zero-order valence-electron chi connectivity index (χ0n) is 25.6. The molecule has 1 unspecified atom stereocenters.